The van der Waals surface area contributed by atoms with Crippen molar-refractivity contribution in [1.82, 2.24) is 5.32 Å². The van der Waals surface area contributed by atoms with E-state index in [0.29, 0.717) is 26.3 Å². The molecule has 2 aromatic rings. The molecular formula is C19H23BrFNO2. The summed E-state index contributed by atoms with van der Waals surface area (Å²) in [5.41, 5.74) is 2.13. The maximum absolute atomic E-state index is 12.9. The van der Waals surface area contributed by atoms with Gasteiger partial charge < -0.3 is 14.8 Å². The van der Waals surface area contributed by atoms with Crippen LogP contribution in [0.15, 0.2) is 40.9 Å². The van der Waals surface area contributed by atoms with E-state index in [4.69, 9.17) is 9.47 Å². The summed E-state index contributed by atoms with van der Waals surface area (Å²) in [6, 6.07) is 10.5. The minimum absolute atomic E-state index is 0.217. The van der Waals surface area contributed by atoms with E-state index in [2.05, 4.69) is 28.2 Å². The summed E-state index contributed by atoms with van der Waals surface area (Å²) in [6.45, 7) is 6.62. The molecule has 3 nitrogen and oxygen atoms in total. The first-order chi connectivity index (χ1) is 11.6. The Labute approximate surface area is 151 Å². The molecule has 0 aliphatic carbocycles. The summed E-state index contributed by atoms with van der Waals surface area (Å²) in [5, 5.41) is 3.36. The molecule has 0 radical (unpaired) electrons. The Hall–Kier alpha value is -1.59. The number of ether oxygens (including phenoxy) is 2. The highest BCUT2D eigenvalue weighted by Gasteiger charge is 2.10. The van der Waals surface area contributed by atoms with Crippen molar-refractivity contribution in [3.8, 4) is 11.5 Å². The number of nitrogens with one attached hydrogen (secondary N) is 1. The summed E-state index contributed by atoms with van der Waals surface area (Å²) in [5.74, 6) is 1.30. The smallest absolute Gasteiger partial charge is 0.162 e. The Bertz CT molecular complexity index is 647. The lowest BCUT2D eigenvalue weighted by Gasteiger charge is -2.15. The maximum Gasteiger partial charge on any atom is 0.162 e. The van der Waals surface area contributed by atoms with Crippen LogP contribution in [-0.2, 0) is 13.1 Å². The van der Waals surface area contributed by atoms with E-state index in [1.807, 2.05) is 19.1 Å². The van der Waals surface area contributed by atoms with Gasteiger partial charge in [-0.05, 0) is 48.7 Å². The molecule has 1 N–H and O–H groups in total. The summed E-state index contributed by atoms with van der Waals surface area (Å²) >= 11 is 3.60. The fourth-order valence-corrected chi connectivity index (χ4v) is 2.71. The fourth-order valence-electron chi connectivity index (χ4n) is 2.25. The van der Waals surface area contributed by atoms with Crippen LogP contribution in [-0.4, -0.2) is 13.2 Å². The van der Waals surface area contributed by atoms with Gasteiger partial charge in [-0.25, -0.2) is 4.39 Å². The van der Waals surface area contributed by atoms with E-state index in [9.17, 15) is 4.39 Å². The van der Waals surface area contributed by atoms with Crippen LogP contribution in [0.2, 0.25) is 0 Å². The average Bonchev–Trinajstić information content (AvgIpc) is 2.58. The van der Waals surface area contributed by atoms with Crippen molar-refractivity contribution in [3.63, 3.8) is 0 Å². The predicted octanol–water partition coefficient (Wildman–Crippen LogP) is 5.07. The molecule has 0 saturated carbocycles. The number of halogens is 2. The molecule has 0 unspecified atom stereocenters. The van der Waals surface area contributed by atoms with E-state index in [-0.39, 0.29) is 5.82 Å². The van der Waals surface area contributed by atoms with Crippen molar-refractivity contribution in [2.24, 2.45) is 0 Å². The SMILES string of the molecule is CCCOc1cc(Br)c(CNCc2ccc(F)cc2)cc1OCC. The van der Waals surface area contributed by atoms with Gasteiger partial charge in [-0.1, -0.05) is 35.0 Å². The Morgan fingerprint density at radius 3 is 2.38 bits per heavy atom. The molecule has 0 amide bonds. The van der Waals surface area contributed by atoms with Gasteiger partial charge in [-0.2, -0.15) is 0 Å². The fraction of sp³-hybridized carbons (Fsp3) is 0.368. The van der Waals surface area contributed by atoms with Gasteiger partial charge in [0.15, 0.2) is 11.5 Å². The van der Waals surface area contributed by atoms with Crippen molar-refractivity contribution in [3.05, 3.63) is 57.8 Å². The molecule has 0 bridgehead atoms. The van der Waals surface area contributed by atoms with E-state index >= 15 is 0 Å². The second-order valence-electron chi connectivity index (χ2n) is 5.40. The quantitative estimate of drug-likeness (QED) is 0.642. The van der Waals surface area contributed by atoms with Crippen LogP contribution in [0.3, 0.4) is 0 Å². The lowest BCUT2D eigenvalue weighted by molar-refractivity contribution is 0.276. The Morgan fingerprint density at radius 2 is 1.71 bits per heavy atom. The zero-order valence-corrected chi connectivity index (χ0v) is 15.7. The van der Waals surface area contributed by atoms with E-state index in [1.165, 1.54) is 12.1 Å². The number of rotatable bonds is 9. The highest BCUT2D eigenvalue weighted by atomic mass is 79.9. The van der Waals surface area contributed by atoms with Crippen LogP contribution in [0, 0.1) is 5.82 Å². The normalized spacial score (nSPS) is 10.7. The van der Waals surface area contributed by atoms with E-state index < -0.39 is 0 Å². The molecular weight excluding hydrogens is 373 g/mol. The minimum atomic E-state index is -0.217. The van der Waals surface area contributed by atoms with Crippen LogP contribution in [0.1, 0.15) is 31.4 Å². The zero-order valence-electron chi connectivity index (χ0n) is 14.1. The number of benzene rings is 2. The summed E-state index contributed by atoms with van der Waals surface area (Å²) in [4.78, 5) is 0. The average molecular weight is 396 g/mol. The zero-order chi connectivity index (χ0) is 17.4. The van der Waals surface area contributed by atoms with Crippen molar-refractivity contribution in [2.45, 2.75) is 33.4 Å². The third kappa shape index (κ3) is 5.49. The second kappa shape index (κ2) is 9.64. The maximum atomic E-state index is 12.9. The van der Waals surface area contributed by atoms with Crippen LogP contribution in [0.4, 0.5) is 4.39 Å². The molecule has 0 atom stereocenters. The van der Waals surface area contributed by atoms with Crippen molar-refractivity contribution in [1.29, 1.82) is 0 Å². The molecule has 2 aromatic carbocycles. The monoisotopic (exact) mass is 395 g/mol. The van der Waals surface area contributed by atoms with Crippen molar-refractivity contribution in [2.75, 3.05) is 13.2 Å². The van der Waals surface area contributed by atoms with Gasteiger partial charge in [0, 0.05) is 17.6 Å². The van der Waals surface area contributed by atoms with Crippen LogP contribution < -0.4 is 14.8 Å². The number of hydrogen-bond donors (Lipinski definition) is 1. The van der Waals surface area contributed by atoms with Crippen LogP contribution in [0.25, 0.3) is 0 Å². The van der Waals surface area contributed by atoms with Crippen LogP contribution in [0.5, 0.6) is 11.5 Å². The third-order valence-corrected chi connectivity index (χ3v) is 4.17. The summed E-state index contributed by atoms with van der Waals surface area (Å²) in [7, 11) is 0. The van der Waals surface area contributed by atoms with Crippen molar-refractivity contribution < 1.29 is 13.9 Å². The van der Waals surface area contributed by atoms with Crippen LogP contribution >= 0.6 is 15.9 Å². The number of hydrogen-bond acceptors (Lipinski definition) is 3. The highest BCUT2D eigenvalue weighted by Crippen LogP contribution is 2.34. The molecule has 0 fully saturated rings. The molecule has 0 spiro atoms. The molecule has 0 saturated heterocycles. The third-order valence-electron chi connectivity index (χ3n) is 3.43. The van der Waals surface area contributed by atoms with Gasteiger partial charge in [-0.3, -0.25) is 0 Å². The van der Waals surface area contributed by atoms with Crippen molar-refractivity contribution >= 4 is 15.9 Å². The summed E-state index contributed by atoms with van der Waals surface area (Å²) in [6.07, 6.45) is 0.949. The van der Waals surface area contributed by atoms with Gasteiger partial charge in [0.2, 0.25) is 0 Å². The Morgan fingerprint density at radius 1 is 1.00 bits per heavy atom. The lowest BCUT2D eigenvalue weighted by Crippen LogP contribution is -2.13. The van der Waals surface area contributed by atoms with Gasteiger partial charge in [-0.15, -0.1) is 0 Å². The first-order valence-electron chi connectivity index (χ1n) is 8.17. The molecule has 0 aliphatic rings. The van der Waals surface area contributed by atoms with Gasteiger partial charge in [0.25, 0.3) is 0 Å². The highest BCUT2D eigenvalue weighted by molar-refractivity contribution is 9.10. The Balaban J connectivity index is 2.03. The van der Waals surface area contributed by atoms with Gasteiger partial charge in [0.1, 0.15) is 5.82 Å². The van der Waals surface area contributed by atoms with E-state index in [0.717, 1.165) is 33.5 Å². The predicted molar refractivity (Wildman–Crippen MR) is 98.0 cm³/mol. The van der Waals surface area contributed by atoms with E-state index in [1.54, 1.807) is 12.1 Å². The molecule has 130 valence electrons. The minimum Gasteiger partial charge on any atom is -0.490 e. The molecule has 0 heterocycles. The molecule has 5 heteroatoms. The van der Waals surface area contributed by atoms with Gasteiger partial charge in [0.05, 0.1) is 13.2 Å². The molecule has 2 rings (SSSR count). The summed E-state index contributed by atoms with van der Waals surface area (Å²) < 4.78 is 25.3. The second-order valence-corrected chi connectivity index (χ2v) is 6.26. The molecule has 24 heavy (non-hydrogen) atoms. The largest absolute Gasteiger partial charge is 0.490 e. The van der Waals surface area contributed by atoms with Gasteiger partial charge >= 0.3 is 0 Å². The Kier molecular flexibility index (Phi) is 7.53. The first-order valence-corrected chi connectivity index (χ1v) is 8.96. The lowest BCUT2D eigenvalue weighted by atomic mass is 10.2. The topological polar surface area (TPSA) is 30.5 Å². The first kappa shape index (κ1) is 18.7. The molecule has 0 aliphatic heterocycles. The molecule has 0 aromatic heterocycles. The standard InChI is InChI=1S/C19H23BrFNO2/c1-3-9-24-19-11-17(20)15(10-18(19)23-4-2)13-22-12-14-5-7-16(21)8-6-14/h5-8,10-11,22H,3-4,9,12-13H2,1-2H3.